The number of aliphatic hydroxyl groups is 1. The first-order chi connectivity index (χ1) is 9.96. The molecule has 1 unspecified atom stereocenters. The third-order valence-corrected chi connectivity index (χ3v) is 3.00. The van der Waals surface area contributed by atoms with Crippen LogP contribution in [-0.4, -0.2) is 57.8 Å². The van der Waals surface area contributed by atoms with Crippen LogP contribution in [0, 0.1) is 0 Å². The van der Waals surface area contributed by atoms with Crippen LogP contribution in [0.1, 0.15) is 12.6 Å². The second-order valence-corrected chi connectivity index (χ2v) is 5.80. The van der Waals surface area contributed by atoms with Crippen molar-refractivity contribution < 1.29 is 5.11 Å². The van der Waals surface area contributed by atoms with Crippen LogP contribution in [0.15, 0.2) is 36.5 Å². The van der Waals surface area contributed by atoms with Crippen LogP contribution in [0.2, 0.25) is 0 Å². The highest BCUT2D eigenvalue weighted by molar-refractivity contribution is 5.28. The third kappa shape index (κ3) is 4.93. The Morgan fingerprint density at radius 3 is 2.67 bits per heavy atom. The van der Waals surface area contributed by atoms with Gasteiger partial charge < -0.3 is 15.3 Å². The minimum Gasteiger partial charge on any atom is -0.388 e. The molecule has 6 nitrogen and oxygen atoms in total. The molecule has 2 aromatic rings. The molecular weight excluding hydrogens is 266 g/mol. The van der Waals surface area contributed by atoms with Crippen LogP contribution >= 0.6 is 0 Å². The van der Waals surface area contributed by atoms with Crippen LogP contribution < -0.4 is 5.32 Å². The van der Waals surface area contributed by atoms with Crippen molar-refractivity contribution in [2.24, 2.45) is 0 Å². The van der Waals surface area contributed by atoms with Crippen LogP contribution in [0.5, 0.6) is 0 Å². The minimum atomic E-state index is -0.765. The lowest BCUT2D eigenvalue weighted by molar-refractivity contribution is 0.0335. The monoisotopic (exact) mass is 289 g/mol. The van der Waals surface area contributed by atoms with E-state index in [0.29, 0.717) is 19.6 Å². The van der Waals surface area contributed by atoms with E-state index < -0.39 is 5.60 Å². The number of likely N-dealkylation sites (N-methyl/N-ethyl adjacent to an activating group) is 1. The molecular formula is C15H23N5O. The lowest BCUT2D eigenvalue weighted by atomic mass is 10.1. The molecule has 0 aliphatic rings. The molecule has 0 aliphatic carbocycles. The number of para-hydroxylation sites is 1. The average Bonchev–Trinajstić information content (AvgIpc) is 2.87. The fourth-order valence-corrected chi connectivity index (χ4v) is 2.26. The Balaban J connectivity index is 1.86. The first kappa shape index (κ1) is 15.6. The highest BCUT2D eigenvalue weighted by Gasteiger charge is 2.20. The number of hydrogen-bond donors (Lipinski definition) is 2. The van der Waals surface area contributed by atoms with Crippen molar-refractivity contribution >= 4 is 0 Å². The minimum absolute atomic E-state index is 0.503. The summed E-state index contributed by atoms with van der Waals surface area (Å²) in [5.74, 6) is 0. The van der Waals surface area contributed by atoms with E-state index in [1.165, 1.54) is 0 Å². The fraction of sp³-hybridized carbons (Fsp3) is 0.467. The van der Waals surface area contributed by atoms with Crippen LogP contribution in [-0.2, 0) is 6.54 Å². The SMILES string of the molecule is CN(C)CC(C)(O)CNCc1cnn(-c2ccccc2)n1. The standard InChI is InChI=1S/C15H23N5O/c1-15(21,12-19(2)3)11-16-9-13-10-17-20(18-13)14-7-5-4-6-8-14/h4-8,10,16,21H,9,11-12H2,1-3H3. The molecule has 0 aliphatic heterocycles. The van der Waals surface area contributed by atoms with Crippen molar-refractivity contribution in [3.8, 4) is 5.69 Å². The van der Waals surface area contributed by atoms with Gasteiger partial charge in [0.05, 0.1) is 23.2 Å². The maximum Gasteiger partial charge on any atom is 0.0969 e. The zero-order chi connectivity index (χ0) is 15.3. The van der Waals surface area contributed by atoms with E-state index in [2.05, 4.69) is 15.5 Å². The average molecular weight is 289 g/mol. The van der Waals surface area contributed by atoms with E-state index in [4.69, 9.17) is 0 Å². The number of aromatic nitrogens is 3. The first-order valence-corrected chi connectivity index (χ1v) is 7.01. The highest BCUT2D eigenvalue weighted by Crippen LogP contribution is 2.05. The third-order valence-electron chi connectivity index (χ3n) is 3.00. The summed E-state index contributed by atoms with van der Waals surface area (Å²) in [5.41, 5.74) is 1.02. The number of hydrogen-bond acceptors (Lipinski definition) is 5. The summed E-state index contributed by atoms with van der Waals surface area (Å²) in [4.78, 5) is 3.57. The van der Waals surface area contributed by atoms with Gasteiger partial charge in [0.2, 0.25) is 0 Å². The molecule has 0 spiro atoms. The van der Waals surface area contributed by atoms with Crippen LogP contribution in [0.4, 0.5) is 0 Å². The second kappa shape index (κ2) is 6.80. The summed E-state index contributed by atoms with van der Waals surface area (Å²) in [6.07, 6.45) is 1.74. The van der Waals surface area contributed by atoms with E-state index in [9.17, 15) is 5.11 Å². The van der Waals surface area contributed by atoms with Crippen molar-refractivity contribution in [3.05, 3.63) is 42.2 Å². The summed E-state index contributed by atoms with van der Waals surface area (Å²) < 4.78 is 0. The Morgan fingerprint density at radius 2 is 2.00 bits per heavy atom. The van der Waals surface area contributed by atoms with Crippen LogP contribution in [0.25, 0.3) is 5.69 Å². The molecule has 1 atom stereocenters. The molecule has 0 radical (unpaired) electrons. The van der Waals surface area contributed by atoms with Gasteiger partial charge in [-0.1, -0.05) is 18.2 Å². The molecule has 0 fully saturated rings. The van der Waals surface area contributed by atoms with Gasteiger partial charge in [0, 0.05) is 19.6 Å². The summed E-state index contributed by atoms with van der Waals surface area (Å²) in [5, 5.41) is 22.1. The topological polar surface area (TPSA) is 66.2 Å². The quantitative estimate of drug-likeness (QED) is 0.784. The summed E-state index contributed by atoms with van der Waals surface area (Å²) >= 11 is 0. The molecule has 1 heterocycles. The Morgan fingerprint density at radius 1 is 1.29 bits per heavy atom. The largest absolute Gasteiger partial charge is 0.388 e. The zero-order valence-corrected chi connectivity index (χ0v) is 12.8. The maximum atomic E-state index is 10.2. The molecule has 0 bridgehead atoms. The van der Waals surface area contributed by atoms with Gasteiger partial charge in [0.15, 0.2) is 0 Å². The summed E-state index contributed by atoms with van der Waals surface area (Å²) in [7, 11) is 3.89. The molecule has 6 heteroatoms. The van der Waals surface area contributed by atoms with Gasteiger partial charge in [-0.25, -0.2) is 0 Å². The van der Waals surface area contributed by atoms with Crippen molar-refractivity contribution in [1.82, 2.24) is 25.2 Å². The normalized spacial score (nSPS) is 14.3. The van der Waals surface area contributed by atoms with Gasteiger partial charge in [-0.3, -0.25) is 0 Å². The predicted octanol–water partition coefficient (Wildman–Crippen LogP) is 0.669. The van der Waals surface area contributed by atoms with Crippen molar-refractivity contribution in [2.45, 2.75) is 19.1 Å². The van der Waals surface area contributed by atoms with Gasteiger partial charge in [0.1, 0.15) is 0 Å². The number of nitrogens with zero attached hydrogens (tertiary/aromatic N) is 4. The molecule has 2 rings (SSSR count). The van der Waals surface area contributed by atoms with Gasteiger partial charge in [0.25, 0.3) is 0 Å². The molecule has 1 aromatic heterocycles. The molecule has 0 amide bonds. The van der Waals surface area contributed by atoms with Gasteiger partial charge in [-0.2, -0.15) is 15.0 Å². The smallest absolute Gasteiger partial charge is 0.0969 e. The Kier molecular flexibility index (Phi) is 5.06. The van der Waals surface area contributed by atoms with Crippen molar-refractivity contribution in [3.63, 3.8) is 0 Å². The number of rotatable bonds is 7. The van der Waals surface area contributed by atoms with E-state index in [0.717, 1.165) is 11.4 Å². The Hall–Kier alpha value is -1.76. The van der Waals surface area contributed by atoms with E-state index in [1.807, 2.05) is 56.3 Å². The molecule has 0 saturated heterocycles. The van der Waals surface area contributed by atoms with Crippen molar-refractivity contribution in [2.75, 3.05) is 27.2 Å². The number of benzene rings is 1. The van der Waals surface area contributed by atoms with Crippen molar-refractivity contribution in [1.29, 1.82) is 0 Å². The lowest BCUT2D eigenvalue weighted by Gasteiger charge is -2.27. The molecule has 1 aromatic carbocycles. The first-order valence-electron chi connectivity index (χ1n) is 7.01. The van der Waals surface area contributed by atoms with E-state index >= 15 is 0 Å². The molecule has 21 heavy (non-hydrogen) atoms. The Labute approximate surface area is 125 Å². The van der Waals surface area contributed by atoms with Gasteiger partial charge in [-0.05, 0) is 33.2 Å². The van der Waals surface area contributed by atoms with Gasteiger partial charge >= 0.3 is 0 Å². The lowest BCUT2D eigenvalue weighted by Crippen LogP contribution is -2.45. The zero-order valence-electron chi connectivity index (χ0n) is 12.8. The highest BCUT2D eigenvalue weighted by atomic mass is 16.3. The maximum absolute atomic E-state index is 10.2. The predicted molar refractivity (Wildman–Crippen MR) is 82.2 cm³/mol. The summed E-state index contributed by atoms with van der Waals surface area (Å²) in [6.45, 7) is 3.51. The van der Waals surface area contributed by atoms with E-state index in [-0.39, 0.29) is 0 Å². The fourth-order valence-electron chi connectivity index (χ4n) is 2.26. The van der Waals surface area contributed by atoms with Crippen LogP contribution in [0.3, 0.4) is 0 Å². The van der Waals surface area contributed by atoms with E-state index in [1.54, 1.807) is 11.0 Å². The second-order valence-electron chi connectivity index (χ2n) is 5.80. The molecule has 2 N–H and O–H groups in total. The van der Waals surface area contributed by atoms with Gasteiger partial charge in [-0.15, -0.1) is 0 Å². The molecule has 114 valence electrons. The summed E-state index contributed by atoms with van der Waals surface area (Å²) in [6, 6.07) is 9.78. The molecule has 0 saturated carbocycles. The Bertz CT molecular complexity index is 550. The number of nitrogens with one attached hydrogen (secondary N) is 1.